The lowest BCUT2D eigenvalue weighted by Gasteiger charge is -2.22. The maximum atomic E-state index is 13.1. The summed E-state index contributed by atoms with van der Waals surface area (Å²) in [7, 11) is -3.78. The minimum Gasteiger partial charge on any atom is -0.484 e. The molecule has 3 aromatic rings. The molecule has 1 aromatic heterocycles. The second-order valence-corrected chi connectivity index (χ2v) is 16.9. The Labute approximate surface area is 307 Å². The van der Waals surface area contributed by atoms with E-state index in [1.165, 1.54) is 39.5 Å². The summed E-state index contributed by atoms with van der Waals surface area (Å²) in [6.07, 6.45) is 3.15. The zero-order valence-corrected chi connectivity index (χ0v) is 30.7. The third-order valence-corrected chi connectivity index (χ3v) is 11.8. The second-order valence-electron chi connectivity index (χ2n) is 14.7. The van der Waals surface area contributed by atoms with Crippen LogP contribution in [-0.4, -0.2) is 84.2 Å². The summed E-state index contributed by atoms with van der Waals surface area (Å²) in [6, 6.07) is 13.5. The molecule has 1 amide bonds. The molecule has 2 aromatic carbocycles. The maximum Gasteiger partial charge on any atom is 0.422 e. The molecule has 0 radical (unpaired) electrons. The summed E-state index contributed by atoms with van der Waals surface area (Å²) in [5.74, 6) is -0.136. The lowest BCUT2D eigenvalue weighted by Crippen LogP contribution is -2.38. The molecule has 0 bridgehead atoms. The van der Waals surface area contributed by atoms with E-state index in [4.69, 9.17) is 9.47 Å². The highest BCUT2D eigenvalue weighted by Crippen LogP contribution is 2.51. The molecule has 0 unspecified atom stereocenters. The van der Waals surface area contributed by atoms with Crippen molar-refractivity contribution in [3.63, 3.8) is 0 Å². The number of carbonyl (C=O) groups is 2. The highest BCUT2D eigenvalue weighted by atomic mass is 32.2. The SMILES string of the molecule is CC(C)S(=O)(=O)NC(=O)COc1ccc(C2(Nc3nc(Cc4ccc(C(=O)CCC5(CN6CCCC6)CC5)cc4)nc(OCC(F)(F)F)n3)CC2)cc1. The van der Waals surface area contributed by atoms with E-state index in [0.29, 0.717) is 30.6 Å². The van der Waals surface area contributed by atoms with E-state index in [1.54, 1.807) is 48.5 Å². The van der Waals surface area contributed by atoms with E-state index in [1.807, 2.05) is 4.72 Å². The zero-order chi connectivity index (χ0) is 37.9. The van der Waals surface area contributed by atoms with Crippen LogP contribution >= 0.6 is 0 Å². The number of aromatic nitrogens is 3. The summed E-state index contributed by atoms with van der Waals surface area (Å²) < 4.78 is 75.3. The Morgan fingerprint density at radius 3 is 2.21 bits per heavy atom. The van der Waals surface area contributed by atoms with Crippen LogP contribution in [0.2, 0.25) is 0 Å². The first-order chi connectivity index (χ1) is 25.1. The van der Waals surface area contributed by atoms with E-state index < -0.39 is 52.1 Å². The molecule has 286 valence electrons. The summed E-state index contributed by atoms with van der Waals surface area (Å²) >= 11 is 0. The van der Waals surface area contributed by atoms with Gasteiger partial charge < -0.3 is 19.7 Å². The van der Waals surface area contributed by atoms with Crippen LogP contribution < -0.4 is 19.5 Å². The predicted molar refractivity (Wildman–Crippen MR) is 190 cm³/mol. The number of hydrogen-bond acceptors (Lipinski definition) is 11. The van der Waals surface area contributed by atoms with Gasteiger partial charge in [-0.05, 0) is 101 Å². The molecular weight excluding hydrogens is 714 g/mol. The molecule has 3 fully saturated rings. The molecule has 1 aliphatic heterocycles. The second kappa shape index (κ2) is 15.6. The fraction of sp³-hybridized carbons (Fsp3) is 0.541. The van der Waals surface area contributed by atoms with E-state index in [-0.39, 0.29) is 29.4 Å². The highest BCUT2D eigenvalue weighted by Gasteiger charge is 2.46. The molecule has 3 aliphatic rings. The lowest BCUT2D eigenvalue weighted by molar-refractivity contribution is -0.154. The third-order valence-electron chi connectivity index (χ3n) is 10.0. The number of nitrogens with one attached hydrogen (secondary N) is 2. The Bertz CT molecular complexity index is 1880. The average molecular weight is 759 g/mol. The molecule has 53 heavy (non-hydrogen) atoms. The molecule has 2 saturated carbocycles. The van der Waals surface area contributed by atoms with Crippen LogP contribution in [0.25, 0.3) is 0 Å². The molecular formula is C37H45F3N6O6S. The molecule has 0 atom stereocenters. The van der Waals surface area contributed by atoms with Gasteiger partial charge in [-0.3, -0.25) is 9.59 Å². The van der Waals surface area contributed by atoms with Crippen molar-refractivity contribution in [2.24, 2.45) is 5.41 Å². The number of benzene rings is 2. The van der Waals surface area contributed by atoms with Gasteiger partial charge in [0.15, 0.2) is 19.0 Å². The molecule has 2 N–H and O–H groups in total. The largest absolute Gasteiger partial charge is 0.484 e. The molecule has 2 aliphatic carbocycles. The first-order valence-corrected chi connectivity index (χ1v) is 19.5. The molecule has 2 heterocycles. The van der Waals surface area contributed by atoms with Crippen molar-refractivity contribution in [3.05, 3.63) is 71.0 Å². The van der Waals surface area contributed by atoms with Crippen molar-refractivity contribution in [1.29, 1.82) is 0 Å². The van der Waals surface area contributed by atoms with Gasteiger partial charge in [0.1, 0.15) is 11.6 Å². The Kier molecular flexibility index (Phi) is 11.3. The minimum absolute atomic E-state index is 0.0442. The molecule has 16 heteroatoms. The van der Waals surface area contributed by atoms with Gasteiger partial charge in [-0.25, -0.2) is 13.1 Å². The Hall–Kier alpha value is -4.31. The number of sulfonamides is 1. The van der Waals surface area contributed by atoms with E-state index in [2.05, 4.69) is 25.2 Å². The Balaban J connectivity index is 1.09. The third kappa shape index (κ3) is 10.6. The van der Waals surface area contributed by atoms with Gasteiger partial charge in [0.2, 0.25) is 16.0 Å². The van der Waals surface area contributed by atoms with Crippen molar-refractivity contribution in [1.82, 2.24) is 24.6 Å². The van der Waals surface area contributed by atoms with E-state index in [0.717, 1.165) is 37.2 Å². The predicted octanol–water partition coefficient (Wildman–Crippen LogP) is 5.58. The normalized spacial score (nSPS) is 17.7. The van der Waals surface area contributed by atoms with Gasteiger partial charge in [-0.15, -0.1) is 0 Å². The zero-order valence-electron chi connectivity index (χ0n) is 29.9. The topological polar surface area (TPSA) is 153 Å². The van der Waals surface area contributed by atoms with E-state index >= 15 is 0 Å². The number of alkyl halides is 3. The van der Waals surface area contributed by atoms with Gasteiger partial charge in [-0.2, -0.15) is 28.1 Å². The standard InChI is InChI=1S/C37H45F3N6O6S/c1-25(2)53(49,50)45-32(48)22-51-29-11-9-28(10-12-29)36(17-18-36)44-33-41-31(42-34(43-33)52-24-37(38,39)40)21-26-5-7-27(8-6-26)30(47)13-14-35(15-16-35)23-46-19-3-4-20-46/h5-12,25H,3-4,13-24H2,1-2H3,(H,45,48)(H,41,42,43,44). The number of rotatable bonds is 18. The van der Waals surface area contributed by atoms with Crippen molar-refractivity contribution in [2.45, 2.75) is 88.6 Å². The van der Waals surface area contributed by atoms with Gasteiger partial charge in [0.05, 0.1) is 10.8 Å². The number of likely N-dealkylation sites (tertiary alicyclic amines) is 1. The van der Waals surface area contributed by atoms with Gasteiger partial charge in [-0.1, -0.05) is 36.4 Å². The summed E-state index contributed by atoms with van der Waals surface area (Å²) in [4.78, 5) is 40.4. The maximum absolute atomic E-state index is 13.1. The van der Waals surface area contributed by atoms with Crippen LogP contribution in [0, 0.1) is 5.41 Å². The van der Waals surface area contributed by atoms with E-state index in [9.17, 15) is 31.2 Å². The number of hydrogen-bond donors (Lipinski definition) is 2. The Morgan fingerprint density at radius 2 is 1.60 bits per heavy atom. The molecule has 6 rings (SSSR count). The van der Waals surface area contributed by atoms with Crippen molar-refractivity contribution < 1.29 is 40.7 Å². The number of amides is 1. The molecule has 12 nitrogen and oxygen atoms in total. The van der Waals surface area contributed by atoms with Crippen molar-refractivity contribution in [3.8, 4) is 11.8 Å². The van der Waals surface area contributed by atoms with Gasteiger partial charge in [0.25, 0.3) is 5.91 Å². The minimum atomic E-state index is -4.60. The quantitative estimate of drug-likeness (QED) is 0.157. The van der Waals surface area contributed by atoms with Crippen molar-refractivity contribution >= 4 is 27.7 Å². The number of carbonyl (C=O) groups excluding carboxylic acids is 2. The van der Waals surface area contributed by atoms with Gasteiger partial charge in [0, 0.05) is 24.9 Å². The van der Waals surface area contributed by atoms with Gasteiger partial charge >= 0.3 is 12.2 Å². The highest BCUT2D eigenvalue weighted by molar-refractivity contribution is 7.90. The van der Waals surface area contributed by atoms with Crippen LogP contribution in [0.1, 0.15) is 92.5 Å². The Morgan fingerprint density at radius 1 is 0.925 bits per heavy atom. The number of anilines is 1. The lowest BCUT2D eigenvalue weighted by atomic mass is 9.95. The summed E-state index contributed by atoms with van der Waals surface area (Å²) in [5.41, 5.74) is 1.86. The smallest absolute Gasteiger partial charge is 0.422 e. The first kappa shape index (κ1) is 38.4. The first-order valence-electron chi connectivity index (χ1n) is 18.0. The fourth-order valence-corrected chi connectivity index (χ4v) is 7.10. The average Bonchev–Trinajstić information content (AvgIpc) is 4.01. The number of nitrogens with zero attached hydrogens (tertiary/aromatic N) is 4. The van der Waals surface area contributed by atoms with Crippen LogP contribution in [0.3, 0.4) is 0 Å². The molecule has 0 spiro atoms. The number of ketones is 1. The van der Waals surface area contributed by atoms with Crippen LogP contribution in [0.4, 0.5) is 19.1 Å². The summed E-state index contributed by atoms with van der Waals surface area (Å²) in [5, 5.41) is 2.48. The van der Waals surface area contributed by atoms with Crippen LogP contribution in [0.15, 0.2) is 48.5 Å². The fourth-order valence-electron chi connectivity index (χ4n) is 6.49. The molecule has 1 saturated heterocycles. The monoisotopic (exact) mass is 758 g/mol. The van der Waals surface area contributed by atoms with Crippen molar-refractivity contribution in [2.75, 3.05) is 38.2 Å². The van der Waals surface area contributed by atoms with Crippen LogP contribution in [-0.2, 0) is 26.8 Å². The number of ether oxygens (including phenoxy) is 2. The number of halogens is 3. The van der Waals surface area contributed by atoms with Crippen LogP contribution in [0.5, 0.6) is 11.8 Å². The summed E-state index contributed by atoms with van der Waals surface area (Å²) in [6.45, 7) is 4.22. The number of Topliss-reactive ketones (excluding diaryl/α,β-unsaturated/α-hetero) is 1.